The number of benzene rings is 1. The number of aromatic nitrogens is 1. The molecule has 0 aliphatic heterocycles. The molecule has 1 heterocycles. The van der Waals surface area contributed by atoms with E-state index in [9.17, 15) is 10.1 Å². The van der Waals surface area contributed by atoms with Crippen molar-refractivity contribution in [1.29, 1.82) is 0 Å². The van der Waals surface area contributed by atoms with Crippen molar-refractivity contribution in [1.82, 2.24) is 4.98 Å². The van der Waals surface area contributed by atoms with Crippen molar-refractivity contribution in [2.75, 3.05) is 0 Å². The summed E-state index contributed by atoms with van der Waals surface area (Å²) < 4.78 is 0.656. The highest BCUT2D eigenvalue weighted by Gasteiger charge is 2.17. The maximum absolute atomic E-state index is 10.6. The van der Waals surface area contributed by atoms with E-state index in [1.54, 1.807) is 0 Å². The molecule has 72 valence electrons. The van der Waals surface area contributed by atoms with Gasteiger partial charge in [-0.3, -0.25) is 10.1 Å². The fourth-order valence-corrected chi connectivity index (χ4v) is 2.46. The standard InChI is InChI=1S/C7H2Cl2N2O2S/c8-3-1-2-4(11(12)13)6-5(3)10-7(9)14-6/h1-2H. The van der Waals surface area contributed by atoms with Gasteiger partial charge in [0.25, 0.3) is 5.69 Å². The zero-order chi connectivity index (χ0) is 10.3. The van der Waals surface area contributed by atoms with E-state index in [4.69, 9.17) is 23.2 Å². The van der Waals surface area contributed by atoms with Gasteiger partial charge in [0.15, 0.2) is 4.47 Å². The van der Waals surface area contributed by atoms with Crippen molar-refractivity contribution in [3.05, 3.63) is 31.7 Å². The number of non-ortho nitro benzene ring substituents is 1. The van der Waals surface area contributed by atoms with E-state index < -0.39 is 4.92 Å². The minimum Gasteiger partial charge on any atom is -0.258 e. The van der Waals surface area contributed by atoms with Gasteiger partial charge in [0.05, 0.1) is 9.95 Å². The van der Waals surface area contributed by atoms with Crippen LogP contribution < -0.4 is 0 Å². The molecule has 0 N–H and O–H groups in total. The van der Waals surface area contributed by atoms with E-state index in [1.807, 2.05) is 0 Å². The molecule has 0 amide bonds. The van der Waals surface area contributed by atoms with Crippen LogP contribution in [0.15, 0.2) is 12.1 Å². The van der Waals surface area contributed by atoms with Gasteiger partial charge in [0, 0.05) is 6.07 Å². The molecule has 2 aromatic rings. The maximum Gasteiger partial charge on any atom is 0.288 e. The molecular weight excluding hydrogens is 247 g/mol. The van der Waals surface area contributed by atoms with E-state index in [0.717, 1.165) is 11.3 Å². The summed E-state index contributed by atoms with van der Waals surface area (Å²) in [5.41, 5.74) is 0.365. The summed E-state index contributed by atoms with van der Waals surface area (Å²) in [4.78, 5) is 14.1. The number of rotatable bonds is 1. The number of nitro groups is 1. The second-order valence-electron chi connectivity index (χ2n) is 2.47. The van der Waals surface area contributed by atoms with Crippen LogP contribution in [-0.4, -0.2) is 9.91 Å². The number of hydrogen-bond donors (Lipinski definition) is 0. The molecule has 0 fully saturated rings. The lowest BCUT2D eigenvalue weighted by Crippen LogP contribution is -1.87. The van der Waals surface area contributed by atoms with Gasteiger partial charge in [0.2, 0.25) is 0 Å². The van der Waals surface area contributed by atoms with E-state index in [-0.39, 0.29) is 10.2 Å². The molecule has 14 heavy (non-hydrogen) atoms. The van der Waals surface area contributed by atoms with Gasteiger partial charge < -0.3 is 0 Å². The zero-order valence-corrected chi connectivity index (χ0v) is 8.86. The number of nitrogens with zero attached hydrogens (tertiary/aromatic N) is 2. The SMILES string of the molecule is O=[N+]([O-])c1ccc(Cl)c2nc(Cl)sc12. The molecule has 0 unspecified atom stereocenters. The smallest absolute Gasteiger partial charge is 0.258 e. The number of fused-ring (bicyclic) bond motifs is 1. The summed E-state index contributed by atoms with van der Waals surface area (Å²) in [5, 5.41) is 11.0. The quantitative estimate of drug-likeness (QED) is 0.573. The third-order valence-corrected chi connectivity index (χ3v) is 3.13. The summed E-state index contributed by atoms with van der Waals surface area (Å²) in [6, 6.07) is 2.79. The Hall–Kier alpha value is -0.910. The van der Waals surface area contributed by atoms with Crippen LogP contribution in [0, 0.1) is 10.1 Å². The van der Waals surface area contributed by atoms with Crippen LogP contribution in [0.5, 0.6) is 0 Å². The molecule has 7 heteroatoms. The molecule has 0 atom stereocenters. The first kappa shape index (κ1) is 9.64. The largest absolute Gasteiger partial charge is 0.288 e. The second kappa shape index (κ2) is 3.34. The van der Waals surface area contributed by atoms with Gasteiger partial charge >= 0.3 is 0 Å². The van der Waals surface area contributed by atoms with Gasteiger partial charge in [-0.05, 0) is 6.07 Å². The van der Waals surface area contributed by atoms with E-state index in [1.165, 1.54) is 12.1 Å². The Morgan fingerprint density at radius 3 is 2.79 bits per heavy atom. The van der Waals surface area contributed by atoms with Crippen molar-refractivity contribution in [2.45, 2.75) is 0 Å². The van der Waals surface area contributed by atoms with Crippen LogP contribution in [0.4, 0.5) is 5.69 Å². The first-order chi connectivity index (χ1) is 6.59. The molecule has 1 aromatic heterocycles. The zero-order valence-electron chi connectivity index (χ0n) is 6.53. The Labute approximate surface area is 92.2 Å². The minimum absolute atomic E-state index is 0.0196. The first-order valence-electron chi connectivity index (χ1n) is 3.48. The van der Waals surface area contributed by atoms with Gasteiger partial charge in [0.1, 0.15) is 10.2 Å². The lowest BCUT2D eigenvalue weighted by molar-refractivity contribution is -0.382. The molecule has 0 aliphatic rings. The molecule has 2 rings (SSSR count). The monoisotopic (exact) mass is 248 g/mol. The summed E-state index contributed by atoms with van der Waals surface area (Å²) >= 11 is 12.5. The maximum atomic E-state index is 10.6. The van der Waals surface area contributed by atoms with Crippen molar-refractivity contribution in [3.63, 3.8) is 0 Å². The lowest BCUT2D eigenvalue weighted by Gasteiger charge is -1.93. The molecule has 0 radical (unpaired) electrons. The third kappa shape index (κ3) is 1.43. The van der Waals surface area contributed by atoms with Crippen LogP contribution >= 0.6 is 34.5 Å². The van der Waals surface area contributed by atoms with Crippen LogP contribution in [0.25, 0.3) is 10.2 Å². The van der Waals surface area contributed by atoms with Crippen molar-refractivity contribution in [2.24, 2.45) is 0 Å². The predicted octanol–water partition coefficient (Wildman–Crippen LogP) is 3.51. The number of nitro benzene ring substituents is 1. The Balaban J connectivity index is 2.87. The van der Waals surface area contributed by atoms with E-state index in [0.29, 0.717) is 15.2 Å². The summed E-state index contributed by atoms with van der Waals surface area (Å²) in [7, 11) is 0. The van der Waals surface area contributed by atoms with Crippen LogP contribution in [0.2, 0.25) is 9.49 Å². The summed E-state index contributed by atoms with van der Waals surface area (Å²) in [6.45, 7) is 0. The lowest BCUT2D eigenvalue weighted by atomic mass is 10.3. The Bertz CT molecular complexity index is 526. The molecule has 0 bridgehead atoms. The highest BCUT2D eigenvalue weighted by molar-refractivity contribution is 7.22. The van der Waals surface area contributed by atoms with Gasteiger partial charge in [-0.15, -0.1) is 0 Å². The number of thiazole rings is 1. The number of halogens is 2. The summed E-state index contributed by atoms with van der Waals surface area (Å²) in [6.07, 6.45) is 0. The Morgan fingerprint density at radius 1 is 1.43 bits per heavy atom. The van der Waals surface area contributed by atoms with Crippen molar-refractivity contribution in [3.8, 4) is 0 Å². The van der Waals surface area contributed by atoms with E-state index >= 15 is 0 Å². The minimum atomic E-state index is -0.479. The molecule has 0 spiro atoms. The number of hydrogen-bond acceptors (Lipinski definition) is 4. The Kier molecular flexibility index (Phi) is 2.30. The fourth-order valence-electron chi connectivity index (χ4n) is 1.08. The predicted molar refractivity (Wildman–Crippen MR) is 56.3 cm³/mol. The first-order valence-corrected chi connectivity index (χ1v) is 5.06. The van der Waals surface area contributed by atoms with E-state index in [2.05, 4.69) is 4.98 Å². The third-order valence-electron chi connectivity index (χ3n) is 1.64. The second-order valence-corrected chi connectivity index (χ2v) is 4.46. The highest BCUT2D eigenvalue weighted by atomic mass is 35.5. The Morgan fingerprint density at radius 2 is 2.14 bits per heavy atom. The summed E-state index contributed by atoms with van der Waals surface area (Å²) in [5.74, 6) is 0. The molecule has 0 saturated carbocycles. The van der Waals surface area contributed by atoms with Crippen molar-refractivity contribution >= 4 is 50.4 Å². The molecular formula is C7H2Cl2N2O2S. The highest BCUT2D eigenvalue weighted by Crippen LogP contribution is 2.36. The molecule has 0 aliphatic carbocycles. The normalized spacial score (nSPS) is 10.7. The molecule has 4 nitrogen and oxygen atoms in total. The molecule has 1 aromatic carbocycles. The van der Waals surface area contributed by atoms with Crippen molar-refractivity contribution < 1.29 is 4.92 Å². The topological polar surface area (TPSA) is 56.0 Å². The average Bonchev–Trinajstić information content (AvgIpc) is 2.47. The molecule has 0 saturated heterocycles. The van der Waals surface area contributed by atoms with Crippen LogP contribution in [-0.2, 0) is 0 Å². The van der Waals surface area contributed by atoms with Gasteiger partial charge in [-0.25, -0.2) is 4.98 Å². The van der Waals surface area contributed by atoms with Crippen LogP contribution in [0.3, 0.4) is 0 Å². The van der Waals surface area contributed by atoms with Gasteiger partial charge in [-0.2, -0.15) is 0 Å². The van der Waals surface area contributed by atoms with Crippen LogP contribution in [0.1, 0.15) is 0 Å². The van der Waals surface area contributed by atoms with Gasteiger partial charge in [-0.1, -0.05) is 34.5 Å². The average molecular weight is 249 g/mol. The fraction of sp³-hybridized carbons (Fsp3) is 0.